The highest BCUT2D eigenvalue weighted by Gasteiger charge is 2.50. The number of nitrogens with zero attached hydrogens (tertiary/aromatic N) is 2. The number of hydrogen-bond donors (Lipinski definition) is 2. The molecule has 0 aliphatic carbocycles. The molecular weight excluding hydrogens is 536 g/mol. The van der Waals surface area contributed by atoms with Crippen molar-refractivity contribution in [1.82, 2.24) is 14.9 Å². The van der Waals surface area contributed by atoms with Gasteiger partial charge in [0.05, 0.1) is 13.2 Å². The lowest BCUT2D eigenvalue weighted by molar-refractivity contribution is -0.0494. The van der Waals surface area contributed by atoms with E-state index >= 15 is 0 Å². The van der Waals surface area contributed by atoms with E-state index in [0.29, 0.717) is 30.0 Å². The molecule has 1 aliphatic heterocycles. The second kappa shape index (κ2) is 12.1. The molecule has 1 aromatic carbocycles. The first-order valence-corrected chi connectivity index (χ1v) is 10.8. The van der Waals surface area contributed by atoms with Gasteiger partial charge in [0.25, 0.3) is 0 Å². The van der Waals surface area contributed by atoms with E-state index in [9.17, 15) is 21.6 Å². The molecule has 0 saturated carbocycles. The Morgan fingerprint density at radius 2 is 1.83 bits per heavy atom. The Bertz CT molecular complexity index is 798. The maximum absolute atomic E-state index is 12.7. The molecule has 1 aliphatic rings. The first-order valence-electron chi connectivity index (χ1n) is 9.36. The summed E-state index contributed by atoms with van der Waals surface area (Å²) in [4.78, 5) is 4.55. The highest BCUT2D eigenvalue weighted by atomic mass is 127. The van der Waals surface area contributed by atoms with Gasteiger partial charge in [0.15, 0.2) is 5.96 Å². The number of ether oxygens (including phenoxy) is 1. The van der Waals surface area contributed by atoms with E-state index in [0.717, 1.165) is 11.1 Å². The van der Waals surface area contributed by atoms with Crippen molar-refractivity contribution in [2.75, 3.05) is 26.7 Å². The molecule has 0 aromatic heterocycles. The first-order chi connectivity index (χ1) is 13.7. The lowest BCUT2D eigenvalue weighted by atomic mass is 10.1. The molecule has 1 aromatic rings. The van der Waals surface area contributed by atoms with E-state index in [2.05, 4.69) is 15.6 Å². The van der Waals surface area contributed by atoms with Gasteiger partial charge in [0.2, 0.25) is 0 Å². The molecule has 0 spiro atoms. The number of guanidine groups is 1. The third kappa shape index (κ3) is 7.24. The minimum Gasteiger partial charge on any atom is -0.380 e. The van der Waals surface area contributed by atoms with Crippen LogP contribution in [0.15, 0.2) is 29.3 Å². The summed E-state index contributed by atoms with van der Waals surface area (Å²) in [6.07, 6.45) is 0.528. The van der Waals surface area contributed by atoms with Gasteiger partial charge >= 0.3 is 15.5 Å². The van der Waals surface area contributed by atoms with Crippen molar-refractivity contribution in [1.29, 1.82) is 0 Å². The van der Waals surface area contributed by atoms with Crippen LogP contribution in [0.2, 0.25) is 0 Å². The fraction of sp³-hybridized carbons (Fsp3) is 0.611. The topological polar surface area (TPSA) is 83.0 Å². The zero-order valence-corrected chi connectivity index (χ0v) is 20.1. The first kappa shape index (κ1) is 26.9. The molecule has 172 valence electrons. The van der Waals surface area contributed by atoms with Crippen LogP contribution in [-0.4, -0.2) is 57.0 Å². The lowest BCUT2D eigenvalue weighted by Gasteiger charge is -2.32. The molecule has 0 amide bonds. The number of methoxy groups -OCH3 is 1. The van der Waals surface area contributed by atoms with Crippen molar-refractivity contribution in [2.45, 2.75) is 44.5 Å². The van der Waals surface area contributed by atoms with Gasteiger partial charge in [-0.2, -0.15) is 17.5 Å². The summed E-state index contributed by atoms with van der Waals surface area (Å²) in [6, 6.07) is 7.60. The van der Waals surface area contributed by atoms with Gasteiger partial charge in [0.1, 0.15) is 0 Å². The molecule has 30 heavy (non-hydrogen) atoms. The normalized spacial score (nSPS) is 16.8. The fourth-order valence-corrected chi connectivity index (χ4v) is 4.06. The summed E-state index contributed by atoms with van der Waals surface area (Å²) in [6.45, 7) is 3.05. The Morgan fingerprint density at radius 3 is 2.37 bits per heavy atom. The number of rotatable bonds is 7. The highest BCUT2D eigenvalue weighted by Crippen LogP contribution is 2.28. The number of piperidine rings is 1. The molecule has 0 atom stereocenters. The average Bonchev–Trinajstić information content (AvgIpc) is 2.67. The van der Waals surface area contributed by atoms with Crippen LogP contribution in [0.3, 0.4) is 0 Å². The van der Waals surface area contributed by atoms with E-state index in [4.69, 9.17) is 4.74 Å². The predicted octanol–water partition coefficient (Wildman–Crippen LogP) is 2.82. The molecule has 1 fully saturated rings. The molecule has 0 bridgehead atoms. The summed E-state index contributed by atoms with van der Waals surface area (Å²) in [5.41, 5.74) is -3.22. The van der Waals surface area contributed by atoms with Crippen LogP contribution in [0.25, 0.3) is 0 Å². The molecule has 2 N–H and O–H groups in total. The van der Waals surface area contributed by atoms with Crippen LogP contribution in [0, 0.1) is 0 Å². The number of nitrogens with one attached hydrogen (secondary N) is 2. The number of hydrogen-bond acceptors (Lipinski definition) is 4. The third-order valence-corrected chi connectivity index (χ3v) is 6.23. The van der Waals surface area contributed by atoms with Crippen molar-refractivity contribution in [3.8, 4) is 0 Å². The quantitative estimate of drug-likeness (QED) is 0.303. The van der Waals surface area contributed by atoms with Crippen LogP contribution in [0.1, 0.15) is 30.9 Å². The number of benzene rings is 1. The van der Waals surface area contributed by atoms with Gasteiger partial charge in [-0.15, -0.1) is 24.0 Å². The Labute approximate surface area is 192 Å². The van der Waals surface area contributed by atoms with E-state index in [1.807, 2.05) is 31.2 Å². The monoisotopic (exact) mass is 564 g/mol. The third-order valence-electron chi connectivity index (χ3n) is 4.60. The number of sulfonamides is 1. The van der Waals surface area contributed by atoms with Crippen molar-refractivity contribution in [2.24, 2.45) is 4.99 Å². The van der Waals surface area contributed by atoms with Gasteiger partial charge in [-0.3, -0.25) is 0 Å². The number of halogens is 4. The summed E-state index contributed by atoms with van der Waals surface area (Å²) in [5.74, 6) is 0.539. The maximum atomic E-state index is 12.7. The zero-order valence-electron chi connectivity index (χ0n) is 16.9. The molecule has 0 radical (unpaired) electrons. The minimum absolute atomic E-state index is 0. The molecule has 0 unspecified atom stereocenters. The fourth-order valence-electron chi connectivity index (χ4n) is 3.07. The SMILES string of the molecule is CCNC(=NCc1ccccc1COC)NC1CCN(S(=O)(=O)C(F)(F)F)CC1.I. The van der Waals surface area contributed by atoms with E-state index in [-0.39, 0.29) is 55.9 Å². The van der Waals surface area contributed by atoms with Crippen molar-refractivity contribution in [3.05, 3.63) is 35.4 Å². The van der Waals surface area contributed by atoms with E-state index in [1.54, 1.807) is 7.11 Å². The van der Waals surface area contributed by atoms with Crippen LogP contribution in [-0.2, 0) is 27.9 Å². The molecule has 1 heterocycles. The maximum Gasteiger partial charge on any atom is 0.511 e. The Kier molecular flexibility index (Phi) is 10.8. The zero-order chi connectivity index (χ0) is 21.5. The Balaban J connectivity index is 0.00000450. The van der Waals surface area contributed by atoms with Gasteiger partial charge in [-0.25, -0.2) is 13.4 Å². The van der Waals surface area contributed by atoms with Crippen molar-refractivity contribution in [3.63, 3.8) is 0 Å². The molecule has 2 rings (SSSR count). The van der Waals surface area contributed by atoms with Gasteiger partial charge in [-0.1, -0.05) is 24.3 Å². The van der Waals surface area contributed by atoms with Gasteiger partial charge < -0.3 is 15.4 Å². The standard InChI is InChI=1S/C18H27F3N4O3S.HI/c1-3-22-17(23-12-14-6-4-5-7-15(14)13-28-2)24-16-8-10-25(11-9-16)29(26,27)18(19,20)21;/h4-7,16H,3,8-13H2,1-2H3,(H2,22,23,24);1H. The number of alkyl halides is 3. The van der Waals surface area contributed by atoms with Crippen LogP contribution < -0.4 is 10.6 Å². The second-order valence-electron chi connectivity index (χ2n) is 6.67. The lowest BCUT2D eigenvalue weighted by Crippen LogP contribution is -2.51. The van der Waals surface area contributed by atoms with Gasteiger partial charge in [-0.05, 0) is 30.9 Å². The van der Waals surface area contributed by atoms with Crippen LogP contribution >= 0.6 is 24.0 Å². The summed E-state index contributed by atoms with van der Waals surface area (Å²) in [7, 11) is -3.65. The largest absolute Gasteiger partial charge is 0.511 e. The predicted molar refractivity (Wildman–Crippen MR) is 120 cm³/mol. The average molecular weight is 564 g/mol. The molecular formula is C18H28F3IN4O3S. The van der Waals surface area contributed by atoms with Crippen LogP contribution in [0.4, 0.5) is 13.2 Å². The van der Waals surface area contributed by atoms with E-state index < -0.39 is 15.5 Å². The summed E-state index contributed by atoms with van der Waals surface area (Å²) in [5, 5.41) is 6.31. The van der Waals surface area contributed by atoms with Crippen molar-refractivity contribution < 1.29 is 26.3 Å². The van der Waals surface area contributed by atoms with Crippen molar-refractivity contribution >= 4 is 40.0 Å². The highest BCUT2D eigenvalue weighted by molar-refractivity contribution is 14.0. The summed E-state index contributed by atoms with van der Waals surface area (Å²) < 4.78 is 66.8. The van der Waals surface area contributed by atoms with E-state index in [1.165, 1.54) is 0 Å². The molecule has 7 nitrogen and oxygen atoms in total. The Hall–Kier alpha value is -1.12. The smallest absolute Gasteiger partial charge is 0.380 e. The minimum atomic E-state index is -5.27. The number of aliphatic imine (C=N–C) groups is 1. The summed E-state index contributed by atoms with van der Waals surface area (Å²) >= 11 is 0. The molecule has 12 heteroatoms. The van der Waals surface area contributed by atoms with Crippen LogP contribution in [0.5, 0.6) is 0 Å². The Morgan fingerprint density at radius 1 is 1.23 bits per heavy atom. The van der Waals surface area contributed by atoms with Gasteiger partial charge in [0, 0.05) is 32.8 Å². The second-order valence-corrected chi connectivity index (χ2v) is 8.59. The molecule has 1 saturated heterocycles.